The van der Waals surface area contributed by atoms with E-state index in [2.05, 4.69) is 24.3 Å². The first-order valence-electron chi connectivity index (χ1n) is 5.96. The predicted molar refractivity (Wildman–Crippen MR) is 75.9 cm³/mol. The van der Waals surface area contributed by atoms with Crippen molar-refractivity contribution in [1.82, 2.24) is 0 Å². The molecule has 3 heteroatoms. The second-order valence-electron chi connectivity index (χ2n) is 4.34. The van der Waals surface area contributed by atoms with Gasteiger partial charge in [0.15, 0.2) is 0 Å². The van der Waals surface area contributed by atoms with Gasteiger partial charge < -0.3 is 4.74 Å². The highest BCUT2D eigenvalue weighted by atomic mass is 32.2. The fraction of sp³-hybridized carbons (Fsp3) is 0.267. The van der Waals surface area contributed by atoms with Crippen molar-refractivity contribution in [3.63, 3.8) is 0 Å². The van der Waals surface area contributed by atoms with Gasteiger partial charge >= 0.3 is 5.97 Å². The zero-order valence-corrected chi connectivity index (χ0v) is 11.4. The molecule has 2 aromatic rings. The maximum absolute atomic E-state index is 11.4. The third-order valence-electron chi connectivity index (χ3n) is 2.44. The van der Waals surface area contributed by atoms with E-state index in [-0.39, 0.29) is 12.1 Å². The van der Waals surface area contributed by atoms with Crippen molar-refractivity contribution in [3.05, 3.63) is 42.5 Å². The molecule has 0 atom stereocenters. The van der Waals surface area contributed by atoms with Gasteiger partial charge in [-0.25, -0.2) is 0 Å². The Morgan fingerprint density at radius 1 is 1.17 bits per heavy atom. The maximum Gasteiger partial charge on any atom is 0.316 e. The van der Waals surface area contributed by atoms with Gasteiger partial charge in [0.1, 0.15) is 0 Å². The van der Waals surface area contributed by atoms with Gasteiger partial charge in [0, 0.05) is 4.90 Å². The number of benzene rings is 2. The number of thioether (sulfide) groups is 1. The summed E-state index contributed by atoms with van der Waals surface area (Å²) in [6.45, 7) is 3.72. The Morgan fingerprint density at radius 2 is 1.89 bits per heavy atom. The van der Waals surface area contributed by atoms with Crippen molar-refractivity contribution < 1.29 is 9.53 Å². The summed E-state index contributed by atoms with van der Waals surface area (Å²) in [6.07, 6.45) is -0.0466. The van der Waals surface area contributed by atoms with Crippen molar-refractivity contribution in [2.75, 3.05) is 5.75 Å². The lowest BCUT2D eigenvalue weighted by atomic mass is 10.1. The highest BCUT2D eigenvalue weighted by molar-refractivity contribution is 8.00. The lowest BCUT2D eigenvalue weighted by molar-refractivity contribution is -0.144. The first-order valence-corrected chi connectivity index (χ1v) is 6.95. The highest BCUT2D eigenvalue weighted by Gasteiger charge is 2.06. The number of carbonyl (C=O) groups excluding carboxylic acids is 1. The first-order chi connectivity index (χ1) is 8.65. The van der Waals surface area contributed by atoms with Crippen molar-refractivity contribution in [1.29, 1.82) is 0 Å². The topological polar surface area (TPSA) is 26.3 Å². The standard InChI is InChI=1S/C15H16O2S/c1-11(2)17-15(16)10-18-14-8-7-12-5-3-4-6-13(12)9-14/h3-9,11H,10H2,1-2H3. The number of esters is 1. The molecule has 2 aromatic carbocycles. The summed E-state index contributed by atoms with van der Waals surface area (Å²) in [5, 5.41) is 2.41. The van der Waals surface area contributed by atoms with E-state index in [1.807, 2.05) is 32.0 Å². The summed E-state index contributed by atoms with van der Waals surface area (Å²) >= 11 is 1.51. The van der Waals surface area contributed by atoms with Crippen molar-refractivity contribution >= 4 is 28.5 Å². The monoisotopic (exact) mass is 260 g/mol. The molecule has 0 aliphatic rings. The lowest BCUT2D eigenvalue weighted by Crippen LogP contribution is -2.13. The van der Waals surface area contributed by atoms with Crippen LogP contribution in [0.3, 0.4) is 0 Å². The van der Waals surface area contributed by atoms with E-state index >= 15 is 0 Å². The molecule has 0 N–H and O–H groups in total. The number of ether oxygens (including phenoxy) is 1. The molecule has 0 heterocycles. The molecule has 0 amide bonds. The minimum Gasteiger partial charge on any atom is -0.462 e. The molecule has 0 spiro atoms. The number of fused-ring (bicyclic) bond motifs is 1. The Balaban J connectivity index is 2.01. The van der Waals surface area contributed by atoms with Gasteiger partial charge in [0.25, 0.3) is 0 Å². The molecule has 0 aliphatic heterocycles. The Morgan fingerprint density at radius 3 is 2.61 bits per heavy atom. The Hall–Kier alpha value is -1.48. The summed E-state index contributed by atoms with van der Waals surface area (Å²) in [5.41, 5.74) is 0. The molecule has 0 bridgehead atoms. The molecule has 0 aliphatic carbocycles. The van der Waals surface area contributed by atoms with Crippen LogP contribution in [0.1, 0.15) is 13.8 Å². The third kappa shape index (κ3) is 3.50. The number of rotatable bonds is 4. The average Bonchev–Trinajstić information content (AvgIpc) is 2.35. The third-order valence-corrected chi connectivity index (χ3v) is 3.41. The van der Waals surface area contributed by atoms with E-state index in [1.165, 1.54) is 22.5 Å². The van der Waals surface area contributed by atoms with Crippen LogP contribution in [0.5, 0.6) is 0 Å². The quantitative estimate of drug-likeness (QED) is 0.616. The molecular formula is C15H16O2S. The lowest BCUT2D eigenvalue weighted by Gasteiger charge is -2.07. The molecule has 0 aromatic heterocycles. The molecule has 0 fully saturated rings. The molecule has 0 saturated carbocycles. The van der Waals surface area contributed by atoms with E-state index in [0.717, 1.165) is 4.90 Å². The van der Waals surface area contributed by atoms with E-state index < -0.39 is 0 Å². The number of hydrogen-bond donors (Lipinski definition) is 0. The number of carbonyl (C=O) groups is 1. The fourth-order valence-electron chi connectivity index (χ4n) is 1.70. The van der Waals surface area contributed by atoms with Crippen molar-refractivity contribution in [3.8, 4) is 0 Å². The van der Waals surface area contributed by atoms with Gasteiger partial charge in [-0.3, -0.25) is 4.79 Å². The molecule has 2 nitrogen and oxygen atoms in total. The zero-order valence-electron chi connectivity index (χ0n) is 10.6. The van der Waals surface area contributed by atoms with Crippen LogP contribution in [0.2, 0.25) is 0 Å². The minimum atomic E-state index is -0.164. The number of hydrogen-bond acceptors (Lipinski definition) is 3. The summed E-state index contributed by atoms with van der Waals surface area (Å²) in [6, 6.07) is 14.4. The minimum absolute atomic E-state index is 0.0466. The fourth-order valence-corrected chi connectivity index (χ4v) is 2.42. The summed E-state index contributed by atoms with van der Waals surface area (Å²) < 4.78 is 5.10. The van der Waals surface area contributed by atoms with Crippen molar-refractivity contribution in [2.24, 2.45) is 0 Å². The van der Waals surface area contributed by atoms with Gasteiger partial charge in [-0.1, -0.05) is 30.3 Å². The smallest absolute Gasteiger partial charge is 0.316 e. The van der Waals surface area contributed by atoms with E-state index in [4.69, 9.17) is 4.74 Å². The molecule has 2 rings (SSSR count). The van der Waals surface area contributed by atoms with Gasteiger partial charge in [0.2, 0.25) is 0 Å². The van der Waals surface area contributed by atoms with E-state index in [9.17, 15) is 4.79 Å². The van der Waals surface area contributed by atoms with E-state index in [0.29, 0.717) is 5.75 Å². The van der Waals surface area contributed by atoms with Crippen LogP contribution in [0.25, 0.3) is 10.8 Å². The largest absolute Gasteiger partial charge is 0.462 e. The summed E-state index contributed by atoms with van der Waals surface area (Å²) in [7, 11) is 0. The van der Waals surface area contributed by atoms with Gasteiger partial charge in [0.05, 0.1) is 11.9 Å². The Labute approximate surface area is 111 Å². The molecule has 94 valence electrons. The maximum atomic E-state index is 11.4. The molecule has 0 unspecified atom stereocenters. The highest BCUT2D eigenvalue weighted by Crippen LogP contribution is 2.23. The molecule has 0 radical (unpaired) electrons. The summed E-state index contributed by atoms with van der Waals surface area (Å²) in [4.78, 5) is 12.5. The van der Waals surface area contributed by atoms with Crippen LogP contribution in [-0.2, 0) is 9.53 Å². The molecule has 0 saturated heterocycles. The van der Waals surface area contributed by atoms with Crippen molar-refractivity contribution in [2.45, 2.75) is 24.8 Å². The van der Waals surface area contributed by atoms with Crippen LogP contribution in [0.15, 0.2) is 47.4 Å². The van der Waals surface area contributed by atoms with Crippen LogP contribution >= 0.6 is 11.8 Å². The van der Waals surface area contributed by atoms with Crippen LogP contribution in [-0.4, -0.2) is 17.8 Å². The normalized spacial score (nSPS) is 10.8. The second kappa shape index (κ2) is 5.91. The summed E-state index contributed by atoms with van der Waals surface area (Å²) in [5.74, 6) is 0.194. The van der Waals surface area contributed by atoms with Gasteiger partial charge in [-0.2, -0.15) is 0 Å². The average molecular weight is 260 g/mol. The Bertz CT molecular complexity index is 549. The molecular weight excluding hydrogens is 244 g/mol. The first kappa shape index (κ1) is 13.0. The van der Waals surface area contributed by atoms with E-state index in [1.54, 1.807) is 0 Å². The van der Waals surface area contributed by atoms with Gasteiger partial charge in [-0.15, -0.1) is 11.8 Å². The van der Waals surface area contributed by atoms with Crippen LogP contribution < -0.4 is 0 Å². The molecule has 18 heavy (non-hydrogen) atoms. The second-order valence-corrected chi connectivity index (χ2v) is 5.39. The Kier molecular flexibility index (Phi) is 4.26. The zero-order chi connectivity index (χ0) is 13.0. The van der Waals surface area contributed by atoms with Gasteiger partial charge in [-0.05, 0) is 36.8 Å². The predicted octanol–water partition coefficient (Wildman–Crippen LogP) is 3.88. The van der Waals surface area contributed by atoms with Crippen LogP contribution in [0, 0.1) is 0 Å². The SMILES string of the molecule is CC(C)OC(=O)CSc1ccc2ccccc2c1. The van der Waals surface area contributed by atoms with Crippen LogP contribution in [0.4, 0.5) is 0 Å².